The second-order valence-electron chi connectivity index (χ2n) is 7.32. The zero-order valence-corrected chi connectivity index (χ0v) is 18.0. The molecule has 0 saturated carbocycles. The van der Waals surface area contributed by atoms with Gasteiger partial charge in [0.1, 0.15) is 0 Å². The molecule has 3 N–H and O–H groups in total. The van der Waals surface area contributed by atoms with E-state index in [0.717, 1.165) is 55.9 Å². The van der Waals surface area contributed by atoms with Gasteiger partial charge in [-0.2, -0.15) is 0 Å². The number of aromatic amines is 2. The Morgan fingerprint density at radius 3 is 2.57 bits per heavy atom. The van der Waals surface area contributed by atoms with Crippen molar-refractivity contribution in [1.82, 2.24) is 19.6 Å². The molecule has 0 bridgehead atoms. The molecule has 160 valence electrons. The average Bonchev–Trinajstić information content (AvgIpc) is 3.12. The van der Waals surface area contributed by atoms with Crippen LogP contribution in [-0.4, -0.2) is 62.6 Å². The van der Waals surface area contributed by atoms with Gasteiger partial charge in [0.15, 0.2) is 0 Å². The monoisotopic (exact) mass is 449 g/mol. The number of benzene rings is 2. The third-order valence-corrected chi connectivity index (χ3v) is 6.99. The first-order valence-corrected chi connectivity index (χ1v) is 11.7. The van der Waals surface area contributed by atoms with Crippen LogP contribution in [0.5, 0.6) is 0 Å². The molecule has 1 aromatic heterocycles. The smallest absolute Gasteiger partial charge is 0.323 e. The molecule has 1 aliphatic rings. The second kappa shape index (κ2) is 8.81. The number of hydrogen-bond donors (Lipinski definition) is 3. The molecule has 0 atom stereocenters. The van der Waals surface area contributed by atoms with Crippen LogP contribution in [0.15, 0.2) is 52.2 Å². The van der Waals surface area contributed by atoms with Gasteiger partial charge < -0.3 is 14.9 Å². The normalized spacial score (nSPS) is 15.7. The van der Waals surface area contributed by atoms with E-state index in [4.69, 9.17) is 11.6 Å². The molecule has 1 saturated heterocycles. The molecular formula is C20H24ClN5O3S. The first-order valence-electron chi connectivity index (χ1n) is 9.86. The summed E-state index contributed by atoms with van der Waals surface area (Å²) in [7, 11) is -3.54. The topological polar surface area (TPSA) is 101 Å². The molecular weight excluding hydrogens is 426 g/mol. The van der Waals surface area contributed by atoms with Crippen molar-refractivity contribution in [2.75, 3.05) is 44.2 Å². The Bertz CT molecular complexity index is 1180. The van der Waals surface area contributed by atoms with Crippen LogP contribution in [0, 0.1) is 0 Å². The highest BCUT2D eigenvalue weighted by Gasteiger charge is 2.20. The number of imidazole rings is 1. The number of nitrogens with zero attached hydrogens (tertiary/aromatic N) is 2. The Balaban J connectivity index is 1.26. The van der Waals surface area contributed by atoms with Gasteiger partial charge in [-0.15, -0.1) is 0 Å². The van der Waals surface area contributed by atoms with Crippen molar-refractivity contribution in [2.24, 2.45) is 0 Å². The molecule has 2 heterocycles. The zero-order chi connectivity index (χ0) is 21.1. The highest BCUT2D eigenvalue weighted by molar-refractivity contribution is 7.89. The van der Waals surface area contributed by atoms with E-state index in [-0.39, 0.29) is 10.6 Å². The lowest BCUT2D eigenvalue weighted by molar-refractivity contribution is 0.255. The summed E-state index contributed by atoms with van der Waals surface area (Å²) in [6.45, 7) is 4.65. The Kier molecular flexibility index (Phi) is 6.14. The third kappa shape index (κ3) is 4.70. The molecule has 3 aromatic rings. The van der Waals surface area contributed by atoms with Crippen molar-refractivity contribution in [1.29, 1.82) is 0 Å². The number of sulfonamides is 1. The van der Waals surface area contributed by atoms with Crippen molar-refractivity contribution < 1.29 is 8.42 Å². The van der Waals surface area contributed by atoms with Gasteiger partial charge in [-0.1, -0.05) is 23.7 Å². The predicted octanol–water partition coefficient (Wildman–Crippen LogP) is 2.00. The maximum absolute atomic E-state index is 12.3. The summed E-state index contributed by atoms with van der Waals surface area (Å²) in [4.78, 5) is 22.0. The van der Waals surface area contributed by atoms with Gasteiger partial charge in [0.25, 0.3) is 0 Å². The molecule has 1 fully saturated rings. The number of H-pyrrole nitrogens is 2. The van der Waals surface area contributed by atoms with Crippen LogP contribution in [0.3, 0.4) is 0 Å². The van der Waals surface area contributed by atoms with E-state index >= 15 is 0 Å². The van der Waals surface area contributed by atoms with Gasteiger partial charge >= 0.3 is 5.69 Å². The summed E-state index contributed by atoms with van der Waals surface area (Å²) in [5.74, 6) is 0. The van der Waals surface area contributed by atoms with E-state index in [1.54, 1.807) is 12.1 Å². The lowest BCUT2D eigenvalue weighted by atomic mass is 10.2. The van der Waals surface area contributed by atoms with Crippen molar-refractivity contribution in [3.05, 3.63) is 58.0 Å². The molecule has 0 aliphatic carbocycles. The van der Waals surface area contributed by atoms with Crippen LogP contribution >= 0.6 is 11.6 Å². The van der Waals surface area contributed by atoms with Crippen molar-refractivity contribution >= 4 is 38.3 Å². The van der Waals surface area contributed by atoms with E-state index in [9.17, 15) is 13.2 Å². The second-order valence-corrected chi connectivity index (χ2v) is 9.52. The molecule has 1 aliphatic heterocycles. The van der Waals surface area contributed by atoms with Crippen LogP contribution in [0.1, 0.15) is 6.42 Å². The number of rotatable bonds is 7. The van der Waals surface area contributed by atoms with Gasteiger partial charge in [-0.25, -0.2) is 17.9 Å². The van der Waals surface area contributed by atoms with Crippen LogP contribution < -0.4 is 15.3 Å². The van der Waals surface area contributed by atoms with E-state index in [1.165, 1.54) is 12.1 Å². The minimum absolute atomic E-state index is 0.181. The number of halogens is 1. The summed E-state index contributed by atoms with van der Waals surface area (Å²) in [6, 6.07) is 12.1. The molecule has 4 rings (SSSR count). The molecule has 30 heavy (non-hydrogen) atoms. The summed E-state index contributed by atoms with van der Waals surface area (Å²) in [5, 5.41) is 0.398. The van der Waals surface area contributed by atoms with Crippen molar-refractivity contribution in [3.63, 3.8) is 0 Å². The van der Waals surface area contributed by atoms with Crippen LogP contribution in [0.25, 0.3) is 11.0 Å². The lowest BCUT2D eigenvalue weighted by Crippen LogP contribution is -2.47. The largest absolute Gasteiger partial charge is 0.367 e. The van der Waals surface area contributed by atoms with E-state index in [2.05, 4.69) is 24.5 Å². The number of hydrogen-bond acceptors (Lipinski definition) is 5. The van der Waals surface area contributed by atoms with E-state index in [0.29, 0.717) is 11.6 Å². The lowest BCUT2D eigenvalue weighted by Gasteiger charge is -2.36. The number of aromatic nitrogens is 2. The van der Waals surface area contributed by atoms with E-state index < -0.39 is 10.0 Å². The summed E-state index contributed by atoms with van der Waals surface area (Å²) < 4.78 is 27.3. The molecule has 8 nitrogen and oxygen atoms in total. The molecule has 0 amide bonds. The fraction of sp³-hybridized carbons (Fsp3) is 0.350. The number of fused-ring (bicyclic) bond motifs is 1. The summed E-state index contributed by atoms with van der Waals surface area (Å²) in [6.07, 6.45) is 0.723. The summed E-state index contributed by atoms with van der Waals surface area (Å²) >= 11 is 5.88. The fourth-order valence-corrected chi connectivity index (χ4v) is 5.12. The third-order valence-electron chi connectivity index (χ3n) is 5.29. The van der Waals surface area contributed by atoms with Gasteiger partial charge in [0, 0.05) is 37.7 Å². The van der Waals surface area contributed by atoms with Gasteiger partial charge in [-0.3, -0.25) is 4.90 Å². The number of para-hydroxylation sites is 1. The minimum Gasteiger partial charge on any atom is -0.367 e. The Morgan fingerprint density at radius 1 is 1.03 bits per heavy atom. The van der Waals surface area contributed by atoms with Crippen LogP contribution in [0.2, 0.25) is 5.02 Å². The SMILES string of the molecule is O=c1[nH]c2cccc(N3CCN(CCCNS(=O)(=O)c4cccc(Cl)c4)CC3)c2[nH]1. The van der Waals surface area contributed by atoms with Crippen LogP contribution in [-0.2, 0) is 10.0 Å². The van der Waals surface area contributed by atoms with Crippen LogP contribution in [0.4, 0.5) is 5.69 Å². The summed E-state index contributed by atoms with van der Waals surface area (Å²) in [5.41, 5.74) is 2.48. The standard InChI is InChI=1S/C20H24ClN5O3S/c21-15-4-1-5-16(14-15)30(28,29)22-8-3-9-25-10-12-26(13-11-25)18-7-2-6-17-19(18)24-20(27)23-17/h1-2,4-7,14,22H,3,8-13H2,(H2,23,24,27). The highest BCUT2D eigenvalue weighted by Crippen LogP contribution is 2.24. The molecule has 0 unspecified atom stereocenters. The maximum Gasteiger partial charge on any atom is 0.323 e. The number of anilines is 1. The Labute approximate surface area is 179 Å². The maximum atomic E-state index is 12.3. The minimum atomic E-state index is -3.54. The van der Waals surface area contributed by atoms with Crippen molar-refractivity contribution in [2.45, 2.75) is 11.3 Å². The fourth-order valence-electron chi connectivity index (χ4n) is 3.75. The molecule has 0 radical (unpaired) electrons. The van der Waals surface area contributed by atoms with E-state index in [1.807, 2.05) is 18.2 Å². The molecule has 10 heteroatoms. The zero-order valence-electron chi connectivity index (χ0n) is 16.4. The molecule has 0 spiro atoms. The van der Waals surface area contributed by atoms with Gasteiger partial charge in [0.2, 0.25) is 10.0 Å². The average molecular weight is 450 g/mol. The number of piperazine rings is 1. The number of nitrogens with one attached hydrogen (secondary N) is 3. The van der Waals surface area contributed by atoms with Gasteiger partial charge in [-0.05, 0) is 43.3 Å². The first kappa shape index (κ1) is 20.9. The quantitative estimate of drug-likeness (QED) is 0.479. The Morgan fingerprint density at radius 2 is 1.80 bits per heavy atom. The Hall–Kier alpha value is -2.33. The van der Waals surface area contributed by atoms with Gasteiger partial charge in [0.05, 0.1) is 21.6 Å². The first-order chi connectivity index (χ1) is 14.4. The molecule has 2 aromatic carbocycles. The predicted molar refractivity (Wildman–Crippen MR) is 119 cm³/mol. The van der Waals surface area contributed by atoms with Crippen molar-refractivity contribution in [3.8, 4) is 0 Å². The highest BCUT2D eigenvalue weighted by atomic mass is 35.5.